The summed E-state index contributed by atoms with van der Waals surface area (Å²) < 4.78 is 15.0. The molecule has 2 aromatic heterocycles. The van der Waals surface area contributed by atoms with E-state index in [-0.39, 0.29) is 11.4 Å². The lowest BCUT2D eigenvalue weighted by Crippen LogP contribution is -2.25. The topological polar surface area (TPSA) is 37.6 Å². The standard InChI is InChI=1S/C30H28FN3OS/c1-21(2)24-10-8-23(9-11-24)18-33(17-22-6-4-3-5-7-22)19-27-16-29(35)34-28(20-36-30(34)32-27)25-12-14-26(31)15-13-25/h3-16,20-21H,17-19H2,1-2H3. The van der Waals surface area contributed by atoms with Crippen LogP contribution in [0.3, 0.4) is 0 Å². The summed E-state index contributed by atoms with van der Waals surface area (Å²) in [5.41, 5.74) is 5.88. The van der Waals surface area contributed by atoms with E-state index < -0.39 is 0 Å². The third-order valence-corrected chi connectivity index (χ3v) is 7.11. The van der Waals surface area contributed by atoms with Crippen molar-refractivity contribution >= 4 is 16.3 Å². The highest BCUT2D eigenvalue weighted by molar-refractivity contribution is 7.15. The zero-order valence-electron chi connectivity index (χ0n) is 20.4. The van der Waals surface area contributed by atoms with E-state index in [1.54, 1.807) is 22.6 Å². The number of halogens is 1. The van der Waals surface area contributed by atoms with Gasteiger partial charge in [0.15, 0.2) is 4.96 Å². The van der Waals surface area contributed by atoms with Gasteiger partial charge in [-0.15, -0.1) is 11.3 Å². The molecule has 0 saturated carbocycles. The van der Waals surface area contributed by atoms with Crippen LogP contribution in [0, 0.1) is 5.82 Å². The Morgan fingerprint density at radius 3 is 2.22 bits per heavy atom. The second-order valence-corrected chi connectivity index (χ2v) is 10.2. The van der Waals surface area contributed by atoms with E-state index in [1.165, 1.54) is 40.2 Å². The summed E-state index contributed by atoms with van der Waals surface area (Å²) >= 11 is 1.42. The van der Waals surface area contributed by atoms with Crippen molar-refractivity contribution in [2.75, 3.05) is 0 Å². The van der Waals surface area contributed by atoms with Gasteiger partial charge in [0.1, 0.15) is 5.82 Å². The molecule has 0 aliphatic rings. The molecule has 5 rings (SSSR count). The largest absolute Gasteiger partial charge is 0.289 e. The fourth-order valence-electron chi connectivity index (χ4n) is 4.37. The fraction of sp³-hybridized carbons (Fsp3) is 0.200. The first kappa shape index (κ1) is 24.1. The molecule has 0 N–H and O–H groups in total. The van der Waals surface area contributed by atoms with Gasteiger partial charge in [0.05, 0.1) is 11.4 Å². The molecule has 0 spiro atoms. The number of fused-ring (bicyclic) bond motifs is 1. The zero-order valence-corrected chi connectivity index (χ0v) is 21.2. The molecule has 0 aliphatic carbocycles. The van der Waals surface area contributed by atoms with Crippen LogP contribution < -0.4 is 5.56 Å². The zero-order chi connectivity index (χ0) is 25.1. The third-order valence-electron chi connectivity index (χ3n) is 6.29. The molecular formula is C30H28FN3OS. The van der Waals surface area contributed by atoms with Crippen LogP contribution in [0.1, 0.15) is 42.1 Å². The molecule has 3 aromatic carbocycles. The lowest BCUT2D eigenvalue weighted by Gasteiger charge is -2.22. The van der Waals surface area contributed by atoms with Crippen LogP contribution in [0.4, 0.5) is 4.39 Å². The molecule has 5 aromatic rings. The first-order chi connectivity index (χ1) is 17.5. The number of thiazole rings is 1. The van der Waals surface area contributed by atoms with Gasteiger partial charge in [-0.05, 0) is 52.4 Å². The Bertz CT molecular complexity index is 1510. The SMILES string of the molecule is CC(C)c1ccc(CN(Cc2ccccc2)Cc2cc(=O)n3c(-c4ccc(F)cc4)csc3n2)cc1. The maximum absolute atomic E-state index is 13.4. The van der Waals surface area contributed by atoms with E-state index in [9.17, 15) is 9.18 Å². The molecule has 0 unspecified atom stereocenters. The summed E-state index contributed by atoms with van der Waals surface area (Å²) in [5, 5.41) is 1.90. The number of nitrogens with zero attached hydrogens (tertiary/aromatic N) is 3. The van der Waals surface area contributed by atoms with Crippen molar-refractivity contribution in [1.82, 2.24) is 14.3 Å². The highest BCUT2D eigenvalue weighted by atomic mass is 32.1. The van der Waals surface area contributed by atoms with Gasteiger partial charge in [-0.2, -0.15) is 0 Å². The Labute approximate surface area is 214 Å². The summed E-state index contributed by atoms with van der Waals surface area (Å²) in [7, 11) is 0. The van der Waals surface area contributed by atoms with Crippen molar-refractivity contribution in [2.24, 2.45) is 0 Å². The molecule has 182 valence electrons. The summed E-state index contributed by atoms with van der Waals surface area (Å²) in [4.78, 5) is 20.9. The van der Waals surface area contributed by atoms with E-state index in [2.05, 4.69) is 55.1 Å². The maximum Gasteiger partial charge on any atom is 0.259 e. The lowest BCUT2D eigenvalue weighted by molar-refractivity contribution is 0.244. The van der Waals surface area contributed by atoms with Gasteiger partial charge in [0, 0.05) is 31.1 Å². The predicted molar refractivity (Wildman–Crippen MR) is 145 cm³/mol. The van der Waals surface area contributed by atoms with Crippen molar-refractivity contribution in [3.05, 3.63) is 129 Å². The predicted octanol–water partition coefficient (Wildman–Crippen LogP) is 6.89. The van der Waals surface area contributed by atoms with Gasteiger partial charge in [0.2, 0.25) is 0 Å². The Hall–Kier alpha value is -3.61. The van der Waals surface area contributed by atoms with Gasteiger partial charge in [0.25, 0.3) is 5.56 Å². The van der Waals surface area contributed by atoms with Crippen LogP contribution in [0.15, 0.2) is 95.1 Å². The Kier molecular flexibility index (Phi) is 7.07. The molecule has 0 aliphatic heterocycles. The molecule has 6 heteroatoms. The summed E-state index contributed by atoms with van der Waals surface area (Å²) in [6, 6.07) is 26.9. The first-order valence-electron chi connectivity index (χ1n) is 12.1. The smallest absolute Gasteiger partial charge is 0.259 e. The molecule has 0 saturated heterocycles. The van der Waals surface area contributed by atoms with E-state index >= 15 is 0 Å². The average molecular weight is 498 g/mol. The maximum atomic E-state index is 13.4. The Morgan fingerprint density at radius 1 is 0.889 bits per heavy atom. The van der Waals surface area contributed by atoms with Crippen molar-refractivity contribution in [2.45, 2.75) is 39.4 Å². The fourth-order valence-corrected chi connectivity index (χ4v) is 5.29. The van der Waals surface area contributed by atoms with E-state index in [4.69, 9.17) is 4.98 Å². The Morgan fingerprint density at radius 2 is 1.56 bits per heavy atom. The summed E-state index contributed by atoms with van der Waals surface area (Å²) in [6.07, 6.45) is 0. The van der Waals surface area contributed by atoms with Crippen LogP contribution in [0.5, 0.6) is 0 Å². The Balaban J connectivity index is 1.44. The molecule has 36 heavy (non-hydrogen) atoms. The van der Waals surface area contributed by atoms with E-state index in [1.807, 2.05) is 23.6 Å². The number of hydrogen-bond acceptors (Lipinski definition) is 4. The van der Waals surface area contributed by atoms with Gasteiger partial charge in [-0.3, -0.25) is 14.1 Å². The normalized spacial score (nSPS) is 11.6. The van der Waals surface area contributed by atoms with Crippen LogP contribution >= 0.6 is 11.3 Å². The summed E-state index contributed by atoms with van der Waals surface area (Å²) in [6.45, 7) is 6.45. The number of benzene rings is 3. The van der Waals surface area contributed by atoms with Gasteiger partial charge in [-0.1, -0.05) is 68.4 Å². The minimum absolute atomic E-state index is 0.128. The number of rotatable bonds is 8. The monoisotopic (exact) mass is 497 g/mol. The van der Waals surface area contributed by atoms with Crippen LogP contribution in [-0.4, -0.2) is 14.3 Å². The molecule has 0 radical (unpaired) electrons. The minimum Gasteiger partial charge on any atom is -0.289 e. The highest BCUT2D eigenvalue weighted by Crippen LogP contribution is 2.25. The highest BCUT2D eigenvalue weighted by Gasteiger charge is 2.15. The van der Waals surface area contributed by atoms with Crippen molar-refractivity contribution < 1.29 is 4.39 Å². The van der Waals surface area contributed by atoms with Crippen LogP contribution in [-0.2, 0) is 19.6 Å². The average Bonchev–Trinajstić information content (AvgIpc) is 3.30. The van der Waals surface area contributed by atoms with Gasteiger partial charge >= 0.3 is 0 Å². The molecule has 4 nitrogen and oxygen atoms in total. The molecular weight excluding hydrogens is 469 g/mol. The van der Waals surface area contributed by atoms with Crippen LogP contribution in [0.2, 0.25) is 0 Å². The lowest BCUT2D eigenvalue weighted by atomic mass is 10.0. The third kappa shape index (κ3) is 5.45. The first-order valence-corrected chi connectivity index (χ1v) is 13.0. The quantitative estimate of drug-likeness (QED) is 0.234. The number of hydrogen-bond donors (Lipinski definition) is 0. The molecule has 0 amide bonds. The van der Waals surface area contributed by atoms with E-state index in [0.29, 0.717) is 17.4 Å². The minimum atomic E-state index is -0.302. The second-order valence-electron chi connectivity index (χ2n) is 9.36. The van der Waals surface area contributed by atoms with Crippen LogP contribution in [0.25, 0.3) is 16.2 Å². The summed E-state index contributed by atoms with van der Waals surface area (Å²) in [5.74, 6) is 0.192. The van der Waals surface area contributed by atoms with Gasteiger partial charge < -0.3 is 0 Å². The van der Waals surface area contributed by atoms with Crippen molar-refractivity contribution in [3.8, 4) is 11.3 Å². The van der Waals surface area contributed by atoms with E-state index in [0.717, 1.165) is 30.0 Å². The van der Waals surface area contributed by atoms with Gasteiger partial charge in [-0.25, -0.2) is 9.37 Å². The van der Waals surface area contributed by atoms with Crippen molar-refractivity contribution in [3.63, 3.8) is 0 Å². The number of aromatic nitrogens is 2. The van der Waals surface area contributed by atoms with Crippen molar-refractivity contribution in [1.29, 1.82) is 0 Å². The molecule has 0 atom stereocenters. The molecule has 2 heterocycles. The molecule has 0 bridgehead atoms. The molecule has 0 fully saturated rings. The second kappa shape index (κ2) is 10.6.